The zero-order chi connectivity index (χ0) is 18.2. The fourth-order valence-electron chi connectivity index (χ4n) is 2.45. The van der Waals surface area contributed by atoms with Crippen LogP contribution < -0.4 is 0 Å². The maximum atomic E-state index is 11.7. The van der Waals surface area contributed by atoms with Gasteiger partial charge in [-0.1, -0.05) is 12.1 Å². The zero-order valence-electron chi connectivity index (χ0n) is 13.6. The Morgan fingerprint density at radius 2 is 1.92 bits per heavy atom. The summed E-state index contributed by atoms with van der Waals surface area (Å²) in [4.78, 5) is 4.46. The maximum absolute atomic E-state index is 11.7. The summed E-state index contributed by atoms with van der Waals surface area (Å²) in [5, 5.41) is 23.8. The van der Waals surface area contributed by atoms with Crippen LogP contribution in [0.1, 0.15) is 11.3 Å². The van der Waals surface area contributed by atoms with E-state index >= 15 is 0 Å². The monoisotopic (exact) mass is 353 g/mol. The molecular weight excluding hydrogens is 338 g/mol. The number of nitrogens with zero attached hydrogens (tertiary/aromatic N) is 4. The van der Waals surface area contributed by atoms with Crippen LogP contribution in [-0.2, 0) is 9.73 Å². The minimum Gasteiger partial charge on any atom is -0.493 e. The summed E-state index contributed by atoms with van der Waals surface area (Å²) in [6, 6.07) is 12.0. The average Bonchev–Trinajstić information content (AvgIpc) is 2.89. The molecular formula is C17H15N5O2S. The summed E-state index contributed by atoms with van der Waals surface area (Å²) >= 11 is 0. The van der Waals surface area contributed by atoms with Crippen molar-refractivity contribution in [2.24, 2.45) is 0 Å². The number of benzene rings is 1. The molecule has 0 fully saturated rings. The van der Waals surface area contributed by atoms with Crippen LogP contribution in [0.3, 0.4) is 0 Å². The molecule has 1 unspecified atom stereocenters. The fourth-order valence-corrected chi connectivity index (χ4v) is 3.03. The van der Waals surface area contributed by atoms with Gasteiger partial charge in [-0.05, 0) is 36.8 Å². The van der Waals surface area contributed by atoms with Gasteiger partial charge in [-0.2, -0.15) is 15.0 Å². The lowest BCUT2D eigenvalue weighted by Gasteiger charge is -2.05. The second kappa shape index (κ2) is 6.03. The Kier molecular flexibility index (Phi) is 4.02. The van der Waals surface area contributed by atoms with E-state index in [-0.39, 0.29) is 5.88 Å². The van der Waals surface area contributed by atoms with Gasteiger partial charge in [0.15, 0.2) is 5.82 Å². The standard InChI is InChI=1S/C17H15N5O2S/c1-11-16(13-5-3-12(9-18)4-6-13)17(23)22(21-11)15-8-7-14(10-20-15)25(2,19)24/h3-8,10,19,23H,1-2H3. The lowest BCUT2D eigenvalue weighted by Crippen LogP contribution is -2.02. The summed E-state index contributed by atoms with van der Waals surface area (Å²) < 4.78 is 20.6. The lowest BCUT2D eigenvalue weighted by molar-refractivity contribution is 0.433. The molecule has 0 amide bonds. The molecule has 2 N–H and O–H groups in total. The Morgan fingerprint density at radius 3 is 2.44 bits per heavy atom. The van der Waals surface area contributed by atoms with Crippen molar-refractivity contribution < 1.29 is 9.32 Å². The van der Waals surface area contributed by atoms with Crippen LogP contribution >= 0.6 is 0 Å². The Bertz CT molecular complexity index is 1080. The Labute approximate surface area is 145 Å². The highest BCUT2D eigenvalue weighted by Crippen LogP contribution is 2.33. The van der Waals surface area contributed by atoms with E-state index in [1.807, 2.05) is 0 Å². The topological polar surface area (TPSA) is 116 Å². The van der Waals surface area contributed by atoms with Gasteiger partial charge in [0.25, 0.3) is 0 Å². The van der Waals surface area contributed by atoms with Gasteiger partial charge >= 0.3 is 0 Å². The molecule has 0 radical (unpaired) electrons. The van der Waals surface area contributed by atoms with Gasteiger partial charge < -0.3 is 5.11 Å². The first kappa shape index (κ1) is 16.7. The first-order valence-corrected chi connectivity index (χ1v) is 9.27. The number of rotatable bonds is 3. The molecule has 0 bridgehead atoms. The van der Waals surface area contributed by atoms with E-state index in [2.05, 4.69) is 16.2 Å². The van der Waals surface area contributed by atoms with E-state index in [9.17, 15) is 9.32 Å². The third-order valence-electron chi connectivity index (χ3n) is 3.73. The summed E-state index contributed by atoms with van der Waals surface area (Å²) in [6.45, 7) is 1.76. The molecule has 0 aliphatic carbocycles. The van der Waals surface area contributed by atoms with Crippen LogP contribution in [0.25, 0.3) is 16.9 Å². The molecule has 3 rings (SSSR count). The number of hydrogen-bond donors (Lipinski definition) is 2. The molecule has 2 aromatic heterocycles. The van der Waals surface area contributed by atoms with Crippen molar-refractivity contribution in [3.63, 3.8) is 0 Å². The summed E-state index contributed by atoms with van der Waals surface area (Å²) in [5.41, 5.74) is 2.42. The smallest absolute Gasteiger partial charge is 0.223 e. The van der Waals surface area contributed by atoms with Crippen molar-refractivity contribution in [1.29, 1.82) is 10.0 Å². The van der Waals surface area contributed by atoms with Crippen LogP contribution in [0.2, 0.25) is 0 Å². The van der Waals surface area contributed by atoms with E-state index in [1.54, 1.807) is 37.3 Å². The SMILES string of the molecule is Cc1nn(-c2ccc(S(C)(=N)=O)cn2)c(O)c1-c1ccc(C#N)cc1. The number of aromatic hydroxyl groups is 1. The molecule has 1 atom stereocenters. The molecule has 2 heterocycles. The molecule has 7 nitrogen and oxygen atoms in total. The average molecular weight is 353 g/mol. The van der Waals surface area contributed by atoms with Gasteiger partial charge in [0.2, 0.25) is 5.88 Å². The molecule has 126 valence electrons. The fraction of sp³-hybridized carbons (Fsp3) is 0.118. The quantitative estimate of drug-likeness (QED) is 0.751. The van der Waals surface area contributed by atoms with Gasteiger partial charge in [-0.25, -0.2) is 14.0 Å². The van der Waals surface area contributed by atoms with Crippen molar-refractivity contribution >= 4 is 9.73 Å². The summed E-state index contributed by atoms with van der Waals surface area (Å²) in [7, 11) is -2.85. The minimum atomic E-state index is -2.85. The molecule has 0 saturated heterocycles. The number of hydrogen-bond acceptors (Lipinski definition) is 6. The molecule has 0 spiro atoms. The first-order chi connectivity index (χ1) is 11.8. The van der Waals surface area contributed by atoms with Crippen LogP contribution in [0.5, 0.6) is 5.88 Å². The number of nitrogens with one attached hydrogen (secondary N) is 1. The van der Waals surface area contributed by atoms with E-state index in [4.69, 9.17) is 10.0 Å². The normalized spacial score (nSPS) is 13.2. The molecule has 1 aromatic carbocycles. The van der Waals surface area contributed by atoms with Crippen molar-refractivity contribution in [3.8, 4) is 28.9 Å². The van der Waals surface area contributed by atoms with E-state index < -0.39 is 9.73 Å². The van der Waals surface area contributed by atoms with Crippen LogP contribution in [-0.4, -0.2) is 30.3 Å². The Balaban J connectivity index is 2.06. The van der Waals surface area contributed by atoms with Gasteiger partial charge in [0, 0.05) is 12.5 Å². The largest absolute Gasteiger partial charge is 0.493 e. The third-order valence-corrected chi connectivity index (χ3v) is 4.87. The lowest BCUT2D eigenvalue weighted by atomic mass is 10.0. The Morgan fingerprint density at radius 1 is 1.24 bits per heavy atom. The van der Waals surface area contributed by atoms with Gasteiger partial charge in [0.1, 0.15) is 0 Å². The predicted molar refractivity (Wildman–Crippen MR) is 93.0 cm³/mol. The van der Waals surface area contributed by atoms with Crippen molar-refractivity contribution in [2.45, 2.75) is 11.8 Å². The molecule has 0 aliphatic heterocycles. The van der Waals surface area contributed by atoms with E-state index in [0.29, 0.717) is 27.5 Å². The van der Waals surface area contributed by atoms with Crippen molar-refractivity contribution in [3.05, 3.63) is 53.9 Å². The molecule has 8 heteroatoms. The van der Waals surface area contributed by atoms with Gasteiger partial charge in [0.05, 0.1) is 37.5 Å². The zero-order valence-corrected chi connectivity index (χ0v) is 14.4. The highest BCUT2D eigenvalue weighted by Gasteiger charge is 2.18. The first-order valence-electron chi connectivity index (χ1n) is 7.30. The summed E-state index contributed by atoms with van der Waals surface area (Å²) in [5.74, 6) is 0.276. The Hall–Kier alpha value is -3.18. The van der Waals surface area contributed by atoms with Gasteiger partial charge in [-0.15, -0.1) is 0 Å². The summed E-state index contributed by atoms with van der Waals surface area (Å²) in [6.07, 6.45) is 2.67. The van der Waals surface area contributed by atoms with Crippen LogP contribution in [0.4, 0.5) is 0 Å². The highest BCUT2D eigenvalue weighted by atomic mass is 32.2. The van der Waals surface area contributed by atoms with Crippen LogP contribution in [0.15, 0.2) is 47.5 Å². The number of aryl methyl sites for hydroxylation is 1. The van der Waals surface area contributed by atoms with Crippen molar-refractivity contribution in [1.82, 2.24) is 14.8 Å². The highest BCUT2D eigenvalue weighted by molar-refractivity contribution is 7.91. The van der Waals surface area contributed by atoms with Crippen molar-refractivity contribution in [2.75, 3.05) is 6.26 Å². The molecule has 0 saturated carbocycles. The van der Waals surface area contributed by atoms with Gasteiger partial charge in [-0.3, -0.25) is 0 Å². The third kappa shape index (κ3) is 3.09. The second-order valence-electron chi connectivity index (χ2n) is 5.58. The molecule has 3 aromatic rings. The number of pyridine rings is 1. The predicted octanol–water partition coefficient (Wildman–Crippen LogP) is 2.86. The second-order valence-corrected chi connectivity index (χ2v) is 7.74. The maximum Gasteiger partial charge on any atom is 0.223 e. The van der Waals surface area contributed by atoms with Crippen LogP contribution in [0, 0.1) is 23.0 Å². The number of nitriles is 1. The number of aromatic nitrogens is 3. The molecule has 0 aliphatic rings. The van der Waals surface area contributed by atoms with E-state index in [0.717, 1.165) is 5.56 Å². The minimum absolute atomic E-state index is 0.0782. The molecule has 25 heavy (non-hydrogen) atoms. The van der Waals surface area contributed by atoms with E-state index in [1.165, 1.54) is 23.2 Å².